The molecule has 3 nitrogen and oxygen atoms in total. The number of piperidine rings is 1. The van der Waals surface area contributed by atoms with Crippen LogP contribution in [0.15, 0.2) is 18.2 Å². The summed E-state index contributed by atoms with van der Waals surface area (Å²) in [6.45, 7) is 3.57. The Hall–Kier alpha value is -1.13. The molecule has 2 rings (SSSR count). The van der Waals surface area contributed by atoms with Crippen LogP contribution < -0.4 is 10.6 Å². The highest BCUT2D eigenvalue weighted by molar-refractivity contribution is 5.95. The zero-order valence-corrected chi connectivity index (χ0v) is 11.1. The van der Waals surface area contributed by atoms with Crippen molar-refractivity contribution in [3.05, 3.63) is 35.1 Å². The summed E-state index contributed by atoms with van der Waals surface area (Å²) in [7, 11) is 0. The molecule has 0 spiro atoms. The van der Waals surface area contributed by atoms with Crippen molar-refractivity contribution in [3.8, 4) is 0 Å². The van der Waals surface area contributed by atoms with E-state index in [-0.39, 0.29) is 30.2 Å². The van der Waals surface area contributed by atoms with Gasteiger partial charge in [0.25, 0.3) is 5.91 Å². The van der Waals surface area contributed by atoms with Gasteiger partial charge in [0.2, 0.25) is 0 Å². The Kier molecular flexibility index (Phi) is 5.56. The van der Waals surface area contributed by atoms with Crippen LogP contribution in [-0.2, 0) is 0 Å². The lowest BCUT2D eigenvalue weighted by Crippen LogP contribution is -2.45. The van der Waals surface area contributed by atoms with Crippen LogP contribution >= 0.6 is 12.4 Å². The van der Waals surface area contributed by atoms with Crippen molar-refractivity contribution in [3.63, 3.8) is 0 Å². The third-order valence-corrected chi connectivity index (χ3v) is 3.07. The van der Waals surface area contributed by atoms with Crippen LogP contribution in [0.1, 0.15) is 28.8 Å². The molecular weight excluding hydrogens is 255 g/mol. The fourth-order valence-electron chi connectivity index (χ4n) is 2.12. The second kappa shape index (κ2) is 6.71. The molecule has 1 saturated heterocycles. The maximum Gasteiger partial charge on any atom is 0.251 e. The van der Waals surface area contributed by atoms with E-state index in [1.165, 1.54) is 18.2 Å². The van der Waals surface area contributed by atoms with Gasteiger partial charge in [-0.25, -0.2) is 4.39 Å². The van der Waals surface area contributed by atoms with Gasteiger partial charge in [0.1, 0.15) is 5.82 Å². The second-order valence-corrected chi connectivity index (χ2v) is 4.48. The Bertz CT molecular complexity index is 419. The van der Waals surface area contributed by atoms with E-state index in [9.17, 15) is 9.18 Å². The van der Waals surface area contributed by atoms with E-state index in [2.05, 4.69) is 10.6 Å². The van der Waals surface area contributed by atoms with Crippen LogP contribution in [-0.4, -0.2) is 25.0 Å². The quantitative estimate of drug-likeness (QED) is 0.865. The molecule has 18 heavy (non-hydrogen) atoms. The first-order valence-corrected chi connectivity index (χ1v) is 5.94. The predicted molar refractivity (Wildman–Crippen MR) is 71.7 cm³/mol. The van der Waals surface area contributed by atoms with Crippen molar-refractivity contribution in [2.24, 2.45) is 0 Å². The van der Waals surface area contributed by atoms with Crippen LogP contribution in [0.3, 0.4) is 0 Å². The lowest BCUT2D eigenvalue weighted by molar-refractivity contribution is 0.0930. The Morgan fingerprint density at radius 1 is 1.50 bits per heavy atom. The van der Waals surface area contributed by atoms with Crippen LogP contribution in [0.2, 0.25) is 0 Å². The number of hydrogen-bond acceptors (Lipinski definition) is 2. The monoisotopic (exact) mass is 272 g/mol. The summed E-state index contributed by atoms with van der Waals surface area (Å²) in [5.41, 5.74) is 1.23. The number of hydrogen-bond donors (Lipinski definition) is 2. The van der Waals surface area contributed by atoms with Gasteiger partial charge in [-0.2, -0.15) is 0 Å². The van der Waals surface area contributed by atoms with Gasteiger partial charge in [0.15, 0.2) is 0 Å². The highest BCUT2D eigenvalue weighted by Crippen LogP contribution is 2.11. The predicted octanol–water partition coefficient (Wildman–Crippen LogP) is 2.04. The van der Waals surface area contributed by atoms with Gasteiger partial charge in [0, 0.05) is 18.2 Å². The van der Waals surface area contributed by atoms with Crippen molar-refractivity contribution >= 4 is 18.3 Å². The zero-order valence-electron chi connectivity index (χ0n) is 10.3. The van der Waals surface area contributed by atoms with E-state index in [0.29, 0.717) is 11.1 Å². The highest BCUT2D eigenvalue weighted by atomic mass is 35.5. The highest BCUT2D eigenvalue weighted by Gasteiger charge is 2.17. The summed E-state index contributed by atoms with van der Waals surface area (Å²) in [6.07, 6.45) is 2.08. The van der Waals surface area contributed by atoms with E-state index < -0.39 is 0 Å². The first-order chi connectivity index (χ1) is 8.16. The maximum absolute atomic E-state index is 12.9. The summed E-state index contributed by atoms with van der Waals surface area (Å²) in [4.78, 5) is 12.0. The number of rotatable bonds is 2. The summed E-state index contributed by atoms with van der Waals surface area (Å²) < 4.78 is 12.9. The minimum Gasteiger partial charge on any atom is -0.348 e. The number of nitrogens with one attached hydrogen (secondary N) is 2. The number of carbonyl (C=O) groups excluding carboxylic acids is 1. The lowest BCUT2D eigenvalue weighted by atomic mass is 10.0. The first kappa shape index (κ1) is 14.9. The van der Waals surface area contributed by atoms with Gasteiger partial charge in [-0.05, 0) is 50.1 Å². The van der Waals surface area contributed by atoms with E-state index in [1.54, 1.807) is 6.92 Å². The van der Waals surface area contributed by atoms with Gasteiger partial charge < -0.3 is 10.6 Å². The minimum atomic E-state index is -0.307. The second-order valence-electron chi connectivity index (χ2n) is 4.48. The number of carbonyl (C=O) groups is 1. The van der Waals surface area contributed by atoms with E-state index in [1.807, 2.05) is 0 Å². The van der Waals surface area contributed by atoms with Gasteiger partial charge in [-0.3, -0.25) is 4.79 Å². The molecule has 1 amide bonds. The van der Waals surface area contributed by atoms with Crippen molar-refractivity contribution in [2.75, 3.05) is 13.1 Å². The molecule has 2 N–H and O–H groups in total. The Morgan fingerprint density at radius 2 is 2.28 bits per heavy atom. The zero-order chi connectivity index (χ0) is 12.3. The van der Waals surface area contributed by atoms with Crippen molar-refractivity contribution < 1.29 is 9.18 Å². The first-order valence-electron chi connectivity index (χ1n) is 5.94. The van der Waals surface area contributed by atoms with E-state index >= 15 is 0 Å². The molecule has 0 bridgehead atoms. The Morgan fingerprint density at radius 3 is 2.89 bits per heavy atom. The standard InChI is InChI=1S/C13H17FN2O.ClH/c1-9-7-10(14)4-5-12(9)13(17)16-11-3-2-6-15-8-11;/h4-5,7,11,15H,2-3,6,8H2,1H3,(H,16,17);1H. The molecule has 0 aliphatic carbocycles. The maximum atomic E-state index is 12.9. The van der Waals surface area contributed by atoms with Crippen molar-refractivity contribution in [2.45, 2.75) is 25.8 Å². The molecule has 5 heteroatoms. The summed E-state index contributed by atoms with van der Waals surface area (Å²) in [6, 6.07) is 4.42. The molecule has 100 valence electrons. The summed E-state index contributed by atoms with van der Waals surface area (Å²) >= 11 is 0. The Balaban J connectivity index is 0.00000162. The van der Waals surface area contributed by atoms with Crippen molar-refractivity contribution in [1.29, 1.82) is 0 Å². The average Bonchev–Trinajstić information content (AvgIpc) is 2.30. The van der Waals surface area contributed by atoms with Crippen LogP contribution in [0.25, 0.3) is 0 Å². The number of amides is 1. The molecule has 1 aromatic carbocycles. The van der Waals surface area contributed by atoms with Gasteiger partial charge in [0.05, 0.1) is 0 Å². The fraction of sp³-hybridized carbons (Fsp3) is 0.462. The molecule has 1 unspecified atom stereocenters. The van der Waals surface area contributed by atoms with Crippen LogP contribution in [0.4, 0.5) is 4.39 Å². The molecule has 0 saturated carbocycles. The number of halogens is 2. The smallest absolute Gasteiger partial charge is 0.251 e. The molecule has 1 atom stereocenters. The van der Waals surface area contributed by atoms with Crippen LogP contribution in [0.5, 0.6) is 0 Å². The molecular formula is C13H18ClFN2O. The summed E-state index contributed by atoms with van der Waals surface area (Å²) in [5, 5.41) is 6.21. The SMILES string of the molecule is Cc1cc(F)ccc1C(=O)NC1CCCNC1.Cl. The molecule has 0 radical (unpaired) electrons. The van der Waals surface area contributed by atoms with Gasteiger partial charge in [-0.15, -0.1) is 12.4 Å². The third kappa shape index (κ3) is 3.68. The van der Waals surface area contributed by atoms with Gasteiger partial charge >= 0.3 is 0 Å². The molecule has 1 heterocycles. The summed E-state index contributed by atoms with van der Waals surface area (Å²) in [5.74, 6) is -0.422. The molecule has 1 fully saturated rings. The Labute approximate surface area is 113 Å². The van der Waals surface area contributed by atoms with E-state index in [4.69, 9.17) is 0 Å². The average molecular weight is 273 g/mol. The number of aryl methyl sites for hydroxylation is 1. The van der Waals surface area contributed by atoms with Crippen LogP contribution in [0, 0.1) is 12.7 Å². The largest absolute Gasteiger partial charge is 0.348 e. The van der Waals surface area contributed by atoms with Crippen molar-refractivity contribution in [1.82, 2.24) is 10.6 Å². The molecule has 1 aromatic rings. The lowest BCUT2D eigenvalue weighted by Gasteiger charge is -2.24. The topological polar surface area (TPSA) is 41.1 Å². The third-order valence-electron chi connectivity index (χ3n) is 3.07. The molecule has 0 aromatic heterocycles. The molecule has 1 aliphatic rings. The number of benzene rings is 1. The van der Waals surface area contributed by atoms with Gasteiger partial charge in [-0.1, -0.05) is 0 Å². The minimum absolute atomic E-state index is 0. The fourth-order valence-corrected chi connectivity index (χ4v) is 2.12. The normalized spacial score (nSPS) is 18.9. The molecule has 1 aliphatic heterocycles. The van der Waals surface area contributed by atoms with E-state index in [0.717, 1.165) is 25.9 Å².